The van der Waals surface area contributed by atoms with Crippen molar-refractivity contribution < 1.29 is 18.3 Å². The Kier molecular flexibility index (Phi) is 3.52. The van der Waals surface area contributed by atoms with E-state index in [9.17, 15) is 18.3 Å². The molecule has 0 spiro atoms. The minimum Gasteiger partial charge on any atom is -0.393 e. The van der Waals surface area contributed by atoms with Crippen LogP contribution in [0.4, 0.5) is 13.2 Å². The molecule has 1 saturated heterocycles. The number of fused-ring (bicyclic) bond motifs is 1. The lowest BCUT2D eigenvalue weighted by Crippen LogP contribution is -2.37. The minimum atomic E-state index is -4.18. The lowest BCUT2D eigenvalue weighted by Gasteiger charge is -2.22. The average Bonchev–Trinajstić information content (AvgIpc) is 2.67. The molecule has 2 aliphatic rings. The van der Waals surface area contributed by atoms with Gasteiger partial charge in [0.05, 0.1) is 6.10 Å². The van der Waals surface area contributed by atoms with Crippen LogP contribution in [0.5, 0.6) is 0 Å². The van der Waals surface area contributed by atoms with Gasteiger partial charge in [-0.15, -0.1) is 0 Å². The summed E-state index contributed by atoms with van der Waals surface area (Å²) in [5, 5.41) is 9.65. The quantitative estimate of drug-likeness (QED) is 0.789. The van der Waals surface area contributed by atoms with Crippen LogP contribution < -0.4 is 0 Å². The Bertz CT molecular complexity index is 261. The normalized spacial score (nSPS) is 37.7. The highest BCUT2D eigenvalue weighted by atomic mass is 79.9. The van der Waals surface area contributed by atoms with E-state index < -0.39 is 11.0 Å². The summed E-state index contributed by atoms with van der Waals surface area (Å²) in [7, 11) is 0. The number of hydrogen-bond acceptors (Lipinski definition) is 2. The van der Waals surface area contributed by atoms with Gasteiger partial charge in [0.25, 0.3) is 0 Å². The van der Waals surface area contributed by atoms with Crippen LogP contribution in [0.2, 0.25) is 0 Å². The van der Waals surface area contributed by atoms with Crippen molar-refractivity contribution in [3.8, 4) is 0 Å². The predicted molar refractivity (Wildman–Crippen MR) is 57.4 cm³/mol. The molecular formula is C10H15BrF3NO. The summed E-state index contributed by atoms with van der Waals surface area (Å²) in [5.41, 5.74) is 0. The smallest absolute Gasteiger partial charge is 0.393 e. The third-order valence-corrected chi connectivity index (χ3v) is 4.48. The Morgan fingerprint density at radius 2 is 2.00 bits per heavy atom. The van der Waals surface area contributed by atoms with Crippen molar-refractivity contribution >= 4 is 15.9 Å². The van der Waals surface area contributed by atoms with Gasteiger partial charge in [0.15, 0.2) is 0 Å². The number of aliphatic hydroxyl groups excluding tert-OH is 1. The molecule has 2 nitrogen and oxygen atoms in total. The number of nitrogens with zero attached hydrogens (tertiary/aromatic N) is 1. The monoisotopic (exact) mass is 301 g/mol. The van der Waals surface area contributed by atoms with Gasteiger partial charge in [-0.25, -0.2) is 0 Å². The van der Waals surface area contributed by atoms with Crippen LogP contribution in [0.25, 0.3) is 0 Å². The van der Waals surface area contributed by atoms with E-state index in [1.807, 2.05) is 4.90 Å². The first-order chi connectivity index (χ1) is 7.38. The maximum absolute atomic E-state index is 12.3. The molecule has 0 aromatic carbocycles. The zero-order chi connectivity index (χ0) is 11.9. The fraction of sp³-hybridized carbons (Fsp3) is 1.00. The summed E-state index contributed by atoms with van der Waals surface area (Å²) in [6.07, 6.45) is -2.74. The summed E-state index contributed by atoms with van der Waals surface area (Å²) in [5.74, 6) is 0.580. The molecule has 1 saturated carbocycles. The molecule has 1 N–H and O–H groups in total. The van der Waals surface area contributed by atoms with E-state index in [2.05, 4.69) is 15.9 Å². The summed E-state index contributed by atoms with van der Waals surface area (Å²) >= 11 is 2.67. The van der Waals surface area contributed by atoms with Crippen molar-refractivity contribution in [3.05, 3.63) is 0 Å². The molecule has 2 rings (SSSR count). The van der Waals surface area contributed by atoms with Crippen LogP contribution in [0.15, 0.2) is 0 Å². The Labute approximate surface area is 101 Å². The number of halogens is 4. The largest absolute Gasteiger partial charge is 0.402 e. The number of hydrogen-bond donors (Lipinski definition) is 1. The van der Waals surface area contributed by atoms with Crippen molar-refractivity contribution in [2.24, 2.45) is 11.8 Å². The minimum absolute atomic E-state index is 0.0107. The maximum atomic E-state index is 12.3. The zero-order valence-corrected chi connectivity index (χ0v) is 10.3. The molecule has 94 valence electrons. The SMILES string of the molecule is OC1CCC2CN(CC(Br)C(F)(F)F)CC12. The van der Waals surface area contributed by atoms with E-state index in [4.69, 9.17) is 0 Å². The van der Waals surface area contributed by atoms with Crippen LogP contribution in [0.1, 0.15) is 12.8 Å². The van der Waals surface area contributed by atoms with Gasteiger partial charge in [-0.05, 0) is 18.8 Å². The van der Waals surface area contributed by atoms with Gasteiger partial charge >= 0.3 is 6.18 Å². The van der Waals surface area contributed by atoms with Gasteiger partial charge in [-0.1, -0.05) is 15.9 Å². The molecule has 1 aliphatic heterocycles. The highest BCUT2D eigenvalue weighted by Gasteiger charge is 2.45. The van der Waals surface area contributed by atoms with E-state index in [1.54, 1.807) is 0 Å². The molecule has 0 amide bonds. The molecule has 16 heavy (non-hydrogen) atoms. The standard InChI is InChI=1S/C10H15BrF3NO/c11-9(10(12,13)14)5-15-3-6-1-2-8(16)7(6)4-15/h6-9,16H,1-5H2. The highest BCUT2D eigenvalue weighted by Crippen LogP contribution is 2.39. The zero-order valence-electron chi connectivity index (χ0n) is 8.75. The number of aliphatic hydroxyl groups is 1. The first-order valence-electron chi connectivity index (χ1n) is 5.49. The predicted octanol–water partition coefficient (Wildman–Crippen LogP) is 2.01. The first-order valence-corrected chi connectivity index (χ1v) is 6.40. The van der Waals surface area contributed by atoms with Gasteiger partial charge in [0, 0.05) is 25.6 Å². The summed E-state index contributed by atoms with van der Waals surface area (Å²) in [6.45, 7) is 1.28. The van der Waals surface area contributed by atoms with Crippen molar-refractivity contribution in [2.45, 2.75) is 29.9 Å². The Morgan fingerprint density at radius 3 is 2.56 bits per heavy atom. The fourth-order valence-corrected chi connectivity index (χ4v) is 3.22. The average molecular weight is 302 g/mol. The van der Waals surface area contributed by atoms with E-state index in [1.165, 1.54) is 0 Å². The number of rotatable bonds is 2. The number of alkyl halides is 4. The molecule has 0 aromatic heterocycles. The topological polar surface area (TPSA) is 23.5 Å². The molecule has 1 heterocycles. The molecule has 0 radical (unpaired) electrons. The van der Waals surface area contributed by atoms with Gasteiger partial charge in [0.2, 0.25) is 0 Å². The molecule has 0 bridgehead atoms. The van der Waals surface area contributed by atoms with E-state index >= 15 is 0 Å². The third kappa shape index (κ3) is 2.54. The molecule has 4 unspecified atom stereocenters. The first kappa shape index (κ1) is 12.6. The Balaban J connectivity index is 1.86. The summed E-state index contributed by atoms with van der Waals surface area (Å²) in [6, 6.07) is 0. The van der Waals surface area contributed by atoms with E-state index in [-0.39, 0.29) is 18.6 Å². The lowest BCUT2D eigenvalue weighted by atomic mass is 10.00. The van der Waals surface area contributed by atoms with Crippen molar-refractivity contribution in [1.82, 2.24) is 4.90 Å². The Hall–Kier alpha value is 0.190. The van der Waals surface area contributed by atoms with Gasteiger partial charge < -0.3 is 10.0 Å². The molecule has 6 heteroatoms. The Morgan fingerprint density at radius 1 is 1.31 bits per heavy atom. The van der Waals surface area contributed by atoms with Gasteiger partial charge in [-0.3, -0.25) is 0 Å². The third-order valence-electron chi connectivity index (χ3n) is 3.67. The van der Waals surface area contributed by atoms with Crippen LogP contribution in [0.3, 0.4) is 0 Å². The second kappa shape index (κ2) is 4.46. The summed E-state index contributed by atoms with van der Waals surface area (Å²) < 4.78 is 37.0. The molecule has 2 fully saturated rings. The molecule has 4 atom stereocenters. The van der Waals surface area contributed by atoms with Crippen LogP contribution >= 0.6 is 15.9 Å². The van der Waals surface area contributed by atoms with Gasteiger partial charge in [0.1, 0.15) is 4.83 Å². The lowest BCUT2D eigenvalue weighted by molar-refractivity contribution is -0.130. The number of likely N-dealkylation sites (tertiary alicyclic amines) is 1. The van der Waals surface area contributed by atoms with Crippen molar-refractivity contribution in [3.63, 3.8) is 0 Å². The van der Waals surface area contributed by atoms with Crippen LogP contribution in [-0.4, -0.2) is 46.7 Å². The van der Waals surface area contributed by atoms with E-state index in [0.29, 0.717) is 19.0 Å². The molecular weight excluding hydrogens is 287 g/mol. The molecule has 0 aromatic rings. The second-order valence-corrected chi connectivity index (χ2v) is 5.90. The van der Waals surface area contributed by atoms with Crippen molar-refractivity contribution in [1.29, 1.82) is 0 Å². The van der Waals surface area contributed by atoms with E-state index in [0.717, 1.165) is 12.8 Å². The van der Waals surface area contributed by atoms with Gasteiger partial charge in [-0.2, -0.15) is 13.2 Å². The van der Waals surface area contributed by atoms with Crippen molar-refractivity contribution in [2.75, 3.05) is 19.6 Å². The van der Waals surface area contributed by atoms with Crippen LogP contribution in [0, 0.1) is 11.8 Å². The van der Waals surface area contributed by atoms with Crippen LogP contribution in [-0.2, 0) is 0 Å². The fourth-order valence-electron chi connectivity index (χ4n) is 2.81. The highest BCUT2D eigenvalue weighted by molar-refractivity contribution is 9.09. The maximum Gasteiger partial charge on any atom is 0.402 e. The molecule has 1 aliphatic carbocycles. The second-order valence-electron chi connectivity index (χ2n) is 4.80. The summed E-state index contributed by atoms with van der Waals surface area (Å²) in [4.78, 5) is 0.348.